The first-order valence-corrected chi connectivity index (χ1v) is 5.77. The number of hydrogen-bond donors (Lipinski definition) is 1. The second kappa shape index (κ2) is 4.42. The van der Waals surface area contributed by atoms with Crippen LogP contribution in [-0.4, -0.2) is 18.7 Å². The molecule has 1 aromatic carbocycles. The Morgan fingerprint density at radius 2 is 2.19 bits per heavy atom. The fraction of sp³-hybridized carbons (Fsp3) is 0.538. The van der Waals surface area contributed by atoms with Gasteiger partial charge in [0.2, 0.25) is 0 Å². The van der Waals surface area contributed by atoms with E-state index in [1.807, 2.05) is 18.0 Å². The van der Waals surface area contributed by atoms with Crippen molar-refractivity contribution in [2.75, 3.05) is 18.5 Å². The minimum atomic E-state index is -0.766. The van der Waals surface area contributed by atoms with E-state index in [1.165, 1.54) is 18.9 Å². The highest BCUT2D eigenvalue weighted by molar-refractivity contribution is 5.54. The molecule has 2 rings (SSSR count). The maximum absolute atomic E-state index is 13.6. The van der Waals surface area contributed by atoms with E-state index in [0.717, 1.165) is 18.2 Å². The number of rotatable bonds is 4. The highest BCUT2D eigenvalue weighted by Gasteiger charge is 2.25. The molecule has 1 fully saturated rings. The Morgan fingerprint density at radius 1 is 1.50 bits per heavy atom. The zero-order chi connectivity index (χ0) is 11.7. The molecule has 0 heterocycles. The number of aliphatic hydroxyl groups excluding tert-OH is 1. The van der Waals surface area contributed by atoms with Crippen molar-refractivity contribution >= 4 is 5.69 Å². The third-order valence-electron chi connectivity index (χ3n) is 3.09. The lowest BCUT2D eigenvalue weighted by Gasteiger charge is -2.23. The lowest BCUT2D eigenvalue weighted by Crippen LogP contribution is -2.22. The lowest BCUT2D eigenvalue weighted by atomic mass is 10.1. The molecular formula is C13H18FNO. The first-order valence-electron chi connectivity index (χ1n) is 5.77. The van der Waals surface area contributed by atoms with E-state index >= 15 is 0 Å². The summed E-state index contributed by atoms with van der Waals surface area (Å²) in [4.78, 5) is 2.04. The molecular weight excluding hydrogens is 205 g/mol. The molecule has 0 unspecified atom stereocenters. The number of halogens is 1. The summed E-state index contributed by atoms with van der Waals surface area (Å²) >= 11 is 0. The summed E-state index contributed by atoms with van der Waals surface area (Å²) in [6.45, 7) is 2.55. The second-order valence-electron chi connectivity index (χ2n) is 4.67. The van der Waals surface area contributed by atoms with E-state index in [9.17, 15) is 9.50 Å². The zero-order valence-corrected chi connectivity index (χ0v) is 9.78. The molecule has 1 atom stereocenters. The molecule has 0 radical (unpaired) electrons. The molecule has 88 valence electrons. The first-order chi connectivity index (χ1) is 7.59. The minimum Gasteiger partial charge on any atom is -0.389 e. The van der Waals surface area contributed by atoms with Crippen LogP contribution in [0.1, 0.15) is 31.4 Å². The highest BCUT2D eigenvalue weighted by atomic mass is 19.1. The number of nitrogens with zero attached hydrogens (tertiary/aromatic N) is 1. The molecule has 0 spiro atoms. The van der Waals surface area contributed by atoms with Crippen LogP contribution in [0.15, 0.2) is 18.2 Å². The average Bonchev–Trinajstić information content (AvgIpc) is 3.00. The Hall–Kier alpha value is -1.09. The van der Waals surface area contributed by atoms with Crippen molar-refractivity contribution in [2.24, 2.45) is 5.92 Å². The maximum atomic E-state index is 13.6. The van der Waals surface area contributed by atoms with E-state index in [1.54, 1.807) is 13.0 Å². The predicted molar refractivity (Wildman–Crippen MR) is 63.0 cm³/mol. The van der Waals surface area contributed by atoms with Crippen molar-refractivity contribution in [3.8, 4) is 0 Å². The molecule has 16 heavy (non-hydrogen) atoms. The SMILES string of the molecule is C[C@@H](O)c1c(F)cccc1N(C)CC1CC1. The standard InChI is InChI=1S/C13H18FNO/c1-9(16)13-11(14)4-3-5-12(13)15(2)8-10-6-7-10/h3-5,9-10,16H,6-8H2,1-2H3/t9-/m1/s1. The number of aliphatic hydroxyl groups is 1. The minimum absolute atomic E-state index is 0.324. The summed E-state index contributed by atoms with van der Waals surface area (Å²) in [5.74, 6) is 0.422. The molecule has 1 N–H and O–H groups in total. The molecule has 1 saturated carbocycles. The second-order valence-corrected chi connectivity index (χ2v) is 4.67. The molecule has 1 aliphatic carbocycles. The molecule has 0 aliphatic heterocycles. The van der Waals surface area contributed by atoms with E-state index in [-0.39, 0.29) is 5.82 Å². The maximum Gasteiger partial charge on any atom is 0.131 e. The van der Waals surface area contributed by atoms with Gasteiger partial charge in [-0.05, 0) is 37.8 Å². The summed E-state index contributed by atoms with van der Waals surface area (Å²) in [5, 5.41) is 9.62. The number of benzene rings is 1. The van der Waals surface area contributed by atoms with Gasteiger partial charge in [-0.25, -0.2) is 4.39 Å². The molecule has 2 nitrogen and oxygen atoms in total. The van der Waals surface area contributed by atoms with E-state index in [2.05, 4.69) is 0 Å². The molecule has 0 bridgehead atoms. The Bertz CT molecular complexity index is 374. The van der Waals surface area contributed by atoms with Crippen molar-refractivity contribution in [3.63, 3.8) is 0 Å². The van der Waals surface area contributed by atoms with Gasteiger partial charge < -0.3 is 10.0 Å². The van der Waals surface area contributed by atoms with Gasteiger partial charge in [0.25, 0.3) is 0 Å². The van der Waals surface area contributed by atoms with Crippen molar-refractivity contribution < 1.29 is 9.50 Å². The average molecular weight is 223 g/mol. The van der Waals surface area contributed by atoms with Crippen LogP contribution in [0.5, 0.6) is 0 Å². The van der Waals surface area contributed by atoms with Crippen molar-refractivity contribution in [1.29, 1.82) is 0 Å². The van der Waals surface area contributed by atoms with Crippen molar-refractivity contribution in [2.45, 2.75) is 25.9 Å². The van der Waals surface area contributed by atoms with Gasteiger partial charge in [0.1, 0.15) is 5.82 Å². The summed E-state index contributed by atoms with van der Waals surface area (Å²) in [6, 6.07) is 4.96. The van der Waals surface area contributed by atoms with Crippen molar-refractivity contribution in [1.82, 2.24) is 0 Å². The summed E-state index contributed by atoms with van der Waals surface area (Å²) in [7, 11) is 1.96. The van der Waals surface area contributed by atoms with Crippen molar-refractivity contribution in [3.05, 3.63) is 29.6 Å². The van der Waals surface area contributed by atoms with E-state index in [0.29, 0.717) is 5.56 Å². The Balaban J connectivity index is 2.26. The smallest absolute Gasteiger partial charge is 0.131 e. The largest absolute Gasteiger partial charge is 0.389 e. The van der Waals surface area contributed by atoms with Gasteiger partial charge in [0.15, 0.2) is 0 Å². The Kier molecular flexibility index (Phi) is 3.15. The number of anilines is 1. The molecule has 0 aromatic heterocycles. The normalized spacial score (nSPS) is 17.2. The first kappa shape index (κ1) is 11.4. The van der Waals surface area contributed by atoms with E-state index in [4.69, 9.17) is 0 Å². The van der Waals surface area contributed by atoms with Crippen LogP contribution in [0.2, 0.25) is 0 Å². The Morgan fingerprint density at radius 3 is 2.75 bits per heavy atom. The van der Waals surface area contributed by atoms with Crippen LogP contribution >= 0.6 is 0 Å². The lowest BCUT2D eigenvalue weighted by molar-refractivity contribution is 0.194. The molecule has 1 aliphatic rings. The van der Waals surface area contributed by atoms with Gasteiger partial charge >= 0.3 is 0 Å². The van der Waals surface area contributed by atoms with E-state index < -0.39 is 6.10 Å². The third kappa shape index (κ3) is 2.35. The fourth-order valence-corrected chi connectivity index (χ4v) is 2.06. The van der Waals surface area contributed by atoms with Crippen LogP contribution in [0, 0.1) is 11.7 Å². The summed E-state index contributed by atoms with van der Waals surface area (Å²) in [6.07, 6.45) is 1.77. The molecule has 0 saturated heterocycles. The zero-order valence-electron chi connectivity index (χ0n) is 9.78. The van der Waals surface area contributed by atoms with Crippen LogP contribution in [-0.2, 0) is 0 Å². The number of hydrogen-bond acceptors (Lipinski definition) is 2. The summed E-state index contributed by atoms with van der Waals surface area (Å²) in [5.41, 5.74) is 1.22. The van der Waals surface area contributed by atoms with Gasteiger partial charge in [-0.2, -0.15) is 0 Å². The third-order valence-corrected chi connectivity index (χ3v) is 3.09. The predicted octanol–water partition coefficient (Wildman–Crippen LogP) is 2.73. The van der Waals surface area contributed by atoms with Gasteiger partial charge in [-0.15, -0.1) is 0 Å². The highest BCUT2D eigenvalue weighted by Crippen LogP contribution is 2.33. The molecule has 1 aromatic rings. The Labute approximate surface area is 95.7 Å². The topological polar surface area (TPSA) is 23.5 Å². The van der Waals surface area contributed by atoms with Gasteiger partial charge in [0, 0.05) is 24.8 Å². The quantitative estimate of drug-likeness (QED) is 0.848. The monoisotopic (exact) mass is 223 g/mol. The van der Waals surface area contributed by atoms with Crippen LogP contribution in [0.3, 0.4) is 0 Å². The molecule has 3 heteroatoms. The fourth-order valence-electron chi connectivity index (χ4n) is 2.06. The molecule has 0 amide bonds. The van der Waals surface area contributed by atoms with Crippen LogP contribution in [0.25, 0.3) is 0 Å². The van der Waals surface area contributed by atoms with Crippen LogP contribution in [0.4, 0.5) is 10.1 Å². The van der Waals surface area contributed by atoms with Gasteiger partial charge in [0.05, 0.1) is 6.10 Å². The van der Waals surface area contributed by atoms with Gasteiger partial charge in [-0.3, -0.25) is 0 Å². The van der Waals surface area contributed by atoms with Crippen LogP contribution < -0.4 is 4.90 Å². The summed E-state index contributed by atoms with van der Waals surface area (Å²) < 4.78 is 13.6. The van der Waals surface area contributed by atoms with Gasteiger partial charge in [-0.1, -0.05) is 6.07 Å².